The predicted octanol–water partition coefficient (Wildman–Crippen LogP) is 2.15. The van der Waals surface area contributed by atoms with Gasteiger partial charge in [-0.05, 0) is 38.1 Å². The van der Waals surface area contributed by atoms with E-state index < -0.39 is 6.43 Å². The molecule has 1 fully saturated rings. The van der Waals surface area contributed by atoms with Gasteiger partial charge in [0.15, 0.2) is 11.5 Å². The van der Waals surface area contributed by atoms with Crippen LogP contribution in [0.3, 0.4) is 0 Å². The smallest absolute Gasteiger partial charge is 0.251 e. The zero-order chi connectivity index (χ0) is 15.4. The van der Waals surface area contributed by atoms with Gasteiger partial charge in [0.05, 0.1) is 6.54 Å². The Bertz CT molecular complexity index is 479. The van der Waals surface area contributed by atoms with E-state index in [1.54, 1.807) is 0 Å². The maximum Gasteiger partial charge on any atom is 0.251 e. The Morgan fingerprint density at radius 1 is 1.18 bits per heavy atom. The molecule has 0 unspecified atom stereocenters. The fourth-order valence-corrected chi connectivity index (χ4v) is 2.98. The van der Waals surface area contributed by atoms with Crippen molar-refractivity contribution in [3.63, 3.8) is 0 Å². The van der Waals surface area contributed by atoms with Crippen molar-refractivity contribution in [2.24, 2.45) is 0 Å². The molecule has 1 aromatic carbocycles. The summed E-state index contributed by atoms with van der Waals surface area (Å²) in [6.07, 6.45) is -0.445. The third-order valence-corrected chi connectivity index (χ3v) is 4.19. The fourth-order valence-electron chi connectivity index (χ4n) is 2.98. The maximum absolute atomic E-state index is 12.3. The lowest BCUT2D eigenvalue weighted by molar-refractivity contribution is 0.0662. The van der Waals surface area contributed by atoms with Crippen LogP contribution in [0.25, 0.3) is 0 Å². The number of fused-ring (bicyclic) bond motifs is 1. The number of ether oxygens (including phenoxy) is 2. The molecule has 0 amide bonds. The molecule has 1 saturated heterocycles. The Labute approximate surface area is 129 Å². The highest BCUT2D eigenvalue weighted by atomic mass is 19.3. The van der Waals surface area contributed by atoms with Crippen molar-refractivity contribution in [3.8, 4) is 11.5 Å². The first-order valence-electron chi connectivity index (χ1n) is 7.83. The van der Waals surface area contributed by atoms with Crippen molar-refractivity contribution in [2.45, 2.75) is 31.4 Å². The highest BCUT2D eigenvalue weighted by Crippen LogP contribution is 2.30. The van der Waals surface area contributed by atoms with Gasteiger partial charge in [0.25, 0.3) is 6.43 Å². The summed E-state index contributed by atoms with van der Waals surface area (Å²) in [7, 11) is 0. The Hall–Kier alpha value is -1.40. The number of nitrogens with zero attached hydrogens (tertiary/aromatic N) is 1. The number of nitrogens with one attached hydrogen (secondary N) is 1. The summed E-state index contributed by atoms with van der Waals surface area (Å²) < 4.78 is 36.3. The Morgan fingerprint density at radius 3 is 2.64 bits per heavy atom. The van der Waals surface area contributed by atoms with E-state index in [1.165, 1.54) is 0 Å². The summed E-state index contributed by atoms with van der Waals surface area (Å²) in [6.45, 7) is 2.60. The van der Waals surface area contributed by atoms with Crippen LogP contribution in [0.1, 0.15) is 12.8 Å². The van der Waals surface area contributed by atoms with Crippen molar-refractivity contribution in [1.82, 2.24) is 10.2 Å². The second-order valence-corrected chi connectivity index (χ2v) is 5.87. The highest BCUT2D eigenvalue weighted by Gasteiger charge is 2.24. The van der Waals surface area contributed by atoms with Crippen LogP contribution in [-0.2, 0) is 0 Å². The number of hydrogen-bond acceptors (Lipinski definition) is 4. The van der Waals surface area contributed by atoms with Gasteiger partial charge in [-0.3, -0.25) is 4.90 Å². The third-order valence-electron chi connectivity index (χ3n) is 4.19. The second-order valence-electron chi connectivity index (χ2n) is 5.87. The minimum Gasteiger partial charge on any atom is -0.486 e. The Kier molecular flexibility index (Phi) is 5.10. The molecule has 0 bridgehead atoms. The fraction of sp³-hybridized carbons (Fsp3) is 0.625. The maximum atomic E-state index is 12.3. The molecule has 0 aromatic heterocycles. The van der Waals surface area contributed by atoms with Crippen LogP contribution < -0.4 is 14.8 Å². The van der Waals surface area contributed by atoms with Gasteiger partial charge in [-0.2, -0.15) is 0 Å². The number of piperidine rings is 1. The predicted molar refractivity (Wildman–Crippen MR) is 79.8 cm³/mol. The molecule has 4 nitrogen and oxygen atoms in total. The topological polar surface area (TPSA) is 33.7 Å². The lowest BCUT2D eigenvalue weighted by Crippen LogP contribution is -2.47. The summed E-state index contributed by atoms with van der Waals surface area (Å²) >= 11 is 0. The zero-order valence-electron chi connectivity index (χ0n) is 12.5. The van der Waals surface area contributed by atoms with Crippen molar-refractivity contribution in [1.29, 1.82) is 0 Å². The molecule has 22 heavy (non-hydrogen) atoms. The molecule has 0 radical (unpaired) electrons. The molecule has 3 rings (SSSR count). The monoisotopic (exact) mass is 312 g/mol. The van der Waals surface area contributed by atoms with Crippen LogP contribution in [0.2, 0.25) is 0 Å². The normalized spacial score (nSPS) is 23.0. The molecular weight excluding hydrogens is 290 g/mol. The van der Waals surface area contributed by atoms with E-state index in [-0.39, 0.29) is 12.6 Å². The molecule has 6 heteroatoms. The van der Waals surface area contributed by atoms with E-state index in [0.717, 1.165) is 37.4 Å². The molecule has 1 aromatic rings. The molecule has 2 aliphatic rings. The molecule has 1 N–H and O–H groups in total. The number of hydrogen-bond donors (Lipinski definition) is 1. The van der Waals surface area contributed by atoms with E-state index in [4.69, 9.17) is 9.47 Å². The van der Waals surface area contributed by atoms with Crippen molar-refractivity contribution < 1.29 is 18.3 Å². The van der Waals surface area contributed by atoms with Crippen LogP contribution >= 0.6 is 0 Å². The van der Waals surface area contributed by atoms with Crippen molar-refractivity contribution in [2.75, 3.05) is 32.8 Å². The largest absolute Gasteiger partial charge is 0.486 e. The quantitative estimate of drug-likeness (QED) is 0.903. The van der Waals surface area contributed by atoms with Crippen molar-refractivity contribution >= 4 is 0 Å². The molecule has 2 heterocycles. The van der Waals surface area contributed by atoms with Gasteiger partial charge in [-0.1, -0.05) is 12.1 Å². The first-order chi connectivity index (χ1) is 10.7. The minimum absolute atomic E-state index is 0.00556. The summed E-state index contributed by atoms with van der Waals surface area (Å²) in [5, 5.41) is 3.48. The number of para-hydroxylation sites is 2. The number of rotatable bonds is 5. The van der Waals surface area contributed by atoms with Crippen molar-refractivity contribution in [3.05, 3.63) is 24.3 Å². The van der Waals surface area contributed by atoms with Gasteiger partial charge in [0.2, 0.25) is 0 Å². The van der Waals surface area contributed by atoms with E-state index in [0.29, 0.717) is 19.2 Å². The van der Waals surface area contributed by atoms with Gasteiger partial charge in [0, 0.05) is 12.6 Å². The van der Waals surface area contributed by atoms with Gasteiger partial charge < -0.3 is 14.8 Å². The number of likely N-dealkylation sites (tertiary alicyclic amines) is 1. The van der Waals surface area contributed by atoms with Crippen LogP contribution in [0.15, 0.2) is 24.3 Å². The van der Waals surface area contributed by atoms with Crippen LogP contribution in [0.4, 0.5) is 8.78 Å². The van der Waals surface area contributed by atoms with Crippen LogP contribution in [0.5, 0.6) is 11.5 Å². The molecule has 0 saturated carbocycles. The third kappa shape index (κ3) is 4.08. The molecule has 122 valence electrons. The standard InChI is InChI=1S/C16H22F2N2O2/c17-16(18)10-20-7-5-12(6-8-20)19-9-13-11-21-14-3-1-2-4-15(14)22-13/h1-4,12-13,16,19H,5-11H2/t13-/m0/s1. The SMILES string of the molecule is FC(F)CN1CCC(NC[C@H]2COc3ccccc3O2)CC1. The van der Waals surface area contributed by atoms with Gasteiger partial charge in [0.1, 0.15) is 12.7 Å². The summed E-state index contributed by atoms with van der Waals surface area (Å²) in [5.41, 5.74) is 0. The van der Waals surface area contributed by atoms with Gasteiger partial charge in [-0.25, -0.2) is 8.78 Å². The summed E-state index contributed by atoms with van der Waals surface area (Å²) in [4.78, 5) is 1.83. The van der Waals surface area contributed by atoms with Gasteiger partial charge in [-0.15, -0.1) is 0 Å². The molecule has 0 aliphatic carbocycles. The average molecular weight is 312 g/mol. The lowest BCUT2D eigenvalue weighted by atomic mass is 10.0. The zero-order valence-corrected chi connectivity index (χ0v) is 12.5. The Balaban J connectivity index is 1.39. The molecular formula is C16H22F2N2O2. The van der Waals surface area contributed by atoms with Gasteiger partial charge >= 0.3 is 0 Å². The average Bonchev–Trinajstić information content (AvgIpc) is 2.53. The molecule has 1 atom stereocenters. The Morgan fingerprint density at radius 2 is 1.91 bits per heavy atom. The first kappa shape index (κ1) is 15.5. The van der Waals surface area contributed by atoms with E-state index in [2.05, 4.69) is 5.32 Å². The van der Waals surface area contributed by atoms with Crippen LogP contribution in [0, 0.1) is 0 Å². The van der Waals surface area contributed by atoms with Crippen LogP contribution in [-0.4, -0.2) is 56.3 Å². The number of halogens is 2. The molecule has 0 spiro atoms. The second kappa shape index (κ2) is 7.24. The lowest BCUT2D eigenvalue weighted by Gasteiger charge is -2.33. The number of benzene rings is 1. The van der Waals surface area contributed by atoms with E-state index >= 15 is 0 Å². The molecule has 2 aliphatic heterocycles. The highest BCUT2D eigenvalue weighted by molar-refractivity contribution is 5.40. The minimum atomic E-state index is -2.24. The van der Waals surface area contributed by atoms with E-state index in [9.17, 15) is 8.78 Å². The summed E-state index contributed by atoms with van der Waals surface area (Å²) in [5.74, 6) is 1.58. The summed E-state index contributed by atoms with van der Waals surface area (Å²) in [6, 6.07) is 8.03. The number of alkyl halides is 2. The first-order valence-corrected chi connectivity index (χ1v) is 7.83. The van der Waals surface area contributed by atoms with E-state index in [1.807, 2.05) is 29.2 Å².